The van der Waals surface area contributed by atoms with E-state index in [-0.39, 0.29) is 6.17 Å². The van der Waals surface area contributed by atoms with Crippen LogP contribution in [-0.4, -0.2) is 30.7 Å². The van der Waals surface area contributed by atoms with Crippen molar-refractivity contribution < 1.29 is 4.84 Å². The maximum absolute atomic E-state index is 5.25. The van der Waals surface area contributed by atoms with Crippen LogP contribution < -0.4 is 0 Å². The van der Waals surface area contributed by atoms with E-state index in [0.717, 1.165) is 5.56 Å². The highest BCUT2D eigenvalue weighted by Gasteiger charge is 2.26. The summed E-state index contributed by atoms with van der Waals surface area (Å²) in [5.74, 6) is 0. The third-order valence-electron chi connectivity index (χ3n) is 2.06. The van der Waals surface area contributed by atoms with Crippen molar-refractivity contribution in [3.8, 4) is 0 Å². The van der Waals surface area contributed by atoms with Crippen molar-refractivity contribution in [1.29, 1.82) is 0 Å². The Bertz CT molecular complexity index is 323. The number of hydroxylamine groups is 1. The Hall–Kier alpha value is -1.39. The van der Waals surface area contributed by atoms with Gasteiger partial charge in [0.05, 0.1) is 0 Å². The van der Waals surface area contributed by atoms with Crippen LogP contribution in [0.1, 0.15) is 11.7 Å². The minimum Gasteiger partial charge on any atom is -0.376 e. The summed E-state index contributed by atoms with van der Waals surface area (Å²) in [5.41, 5.74) is 1.12. The zero-order valence-corrected chi connectivity index (χ0v) is 8.29. The third-order valence-corrected chi connectivity index (χ3v) is 2.06. The van der Waals surface area contributed by atoms with Gasteiger partial charge in [-0.3, -0.25) is 0 Å². The lowest BCUT2D eigenvalue weighted by Crippen LogP contribution is -2.35. The maximum Gasteiger partial charge on any atom is 0.200 e. The number of hydrogen-bond donors (Lipinski definition) is 0. The Balaban J connectivity index is 2.22. The average Bonchev–Trinajstić information content (AvgIpc) is 2.67. The van der Waals surface area contributed by atoms with E-state index < -0.39 is 0 Å². The van der Waals surface area contributed by atoms with E-state index in [0.29, 0.717) is 0 Å². The van der Waals surface area contributed by atoms with E-state index in [2.05, 4.69) is 4.99 Å². The summed E-state index contributed by atoms with van der Waals surface area (Å²) in [6.45, 7) is 0. The number of hydrogen-bond acceptors (Lipinski definition) is 4. The minimum absolute atomic E-state index is 0.0637. The Morgan fingerprint density at radius 2 is 2.00 bits per heavy atom. The highest BCUT2D eigenvalue weighted by molar-refractivity contribution is 5.48. The molecule has 0 radical (unpaired) electrons. The van der Waals surface area contributed by atoms with Gasteiger partial charge in [0, 0.05) is 14.1 Å². The summed E-state index contributed by atoms with van der Waals surface area (Å²) in [7, 11) is 3.84. The van der Waals surface area contributed by atoms with Gasteiger partial charge >= 0.3 is 0 Å². The monoisotopic (exact) mass is 191 g/mol. The molecule has 0 saturated carbocycles. The van der Waals surface area contributed by atoms with E-state index >= 15 is 0 Å². The molecule has 0 aromatic heterocycles. The molecule has 1 heterocycles. The first-order valence-electron chi connectivity index (χ1n) is 4.49. The van der Waals surface area contributed by atoms with Crippen LogP contribution in [0, 0.1) is 0 Å². The van der Waals surface area contributed by atoms with Crippen molar-refractivity contribution in [2.45, 2.75) is 6.17 Å². The molecule has 0 N–H and O–H groups in total. The molecule has 0 aliphatic carbocycles. The second-order valence-electron chi connectivity index (χ2n) is 3.29. The molecule has 1 atom stereocenters. The van der Waals surface area contributed by atoms with Crippen molar-refractivity contribution in [2.75, 3.05) is 14.1 Å². The highest BCUT2D eigenvalue weighted by atomic mass is 16.7. The van der Waals surface area contributed by atoms with Gasteiger partial charge in [0.1, 0.15) is 0 Å². The van der Waals surface area contributed by atoms with Gasteiger partial charge in [-0.25, -0.2) is 10.0 Å². The predicted octanol–water partition coefficient (Wildman–Crippen LogP) is 1.44. The third kappa shape index (κ3) is 1.62. The van der Waals surface area contributed by atoms with Crippen molar-refractivity contribution in [2.24, 2.45) is 4.99 Å². The van der Waals surface area contributed by atoms with E-state index in [1.807, 2.05) is 49.4 Å². The molecule has 4 heteroatoms. The molecular formula is C10H13N3O. The quantitative estimate of drug-likeness (QED) is 0.708. The molecule has 1 aromatic carbocycles. The number of benzene rings is 1. The molecule has 0 spiro atoms. The maximum atomic E-state index is 5.25. The Labute approximate surface area is 83.3 Å². The average molecular weight is 191 g/mol. The summed E-state index contributed by atoms with van der Waals surface area (Å²) >= 11 is 0. The van der Waals surface area contributed by atoms with Gasteiger partial charge in [0.25, 0.3) is 0 Å². The summed E-state index contributed by atoms with van der Waals surface area (Å²) in [6.07, 6.45) is 1.41. The Kier molecular flexibility index (Phi) is 2.47. The van der Waals surface area contributed by atoms with Crippen LogP contribution in [-0.2, 0) is 4.84 Å². The van der Waals surface area contributed by atoms with Gasteiger partial charge in [0.2, 0.25) is 6.40 Å². The molecule has 1 aliphatic rings. The smallest absolute Gasteiger partial charge is 0.200 e. The first kappa shape index (κ1) is 9.18. The SMILES string of the molecule is CN(C)N1OC=NC1c1ccccc1. The first-order chi connectivity index (χ1) is 6.79. The topological polar surface area (TPSA) is 28.1 Å². The van der Waals surface area contributed by atoms with Gasteiger partial charge in [-0.05, 0) is 10.7 Å². The zero-order chi connectivity index (χ0) is 9.97. The fraction of sp³-hybridized carbons (Fsp3) is 0.300. The van der Waals surface area contributed by atoms with Crippen LogP contribution in [0.25, 0.3) is 0 Å². The second kappa shape index (κ2) is 3.77. The van der Waals surface area contributed by atoms with Crippen LogP contribution in [0.2, 0.25) is 0 Å². The molecule has 1 aromatic rings. The fourth-order valence-corrected chi connectivity index (χ4v) is 1.40. The predicted molar refractivity (Wildman–Crippen MR) is 54.3 cm³/mol. The van der Waals surface area contributed by atoms with Gasteiger partial charge in [-0.1, -0.05) is 30.3 Å². The molecule has 1 aliphatic heterocycles. The molecule has 2 rings (SSSR count). The van der Waals surface area contributed by atoms with E-state index in [1.165, 1.54) is 6.40 Å². The largest absolute Gasteiger partial charge is 0.376 e. The summed E-state index contributed by atoms with van der Waals surface area (Å²) in [4.78, 5) is 9.49. The van der Waals surface area contributed by atoms with Crippen molar-refractivity contribution >= 4 is 6.40 Å². The molecule has 0 fully saturated rings. The Morgan fingerprint density at radius 3 is 2.64 bits per heavy atom. The lowest BCUT2D eigenvalue weighted by atomic mass is 10.2. The minimum atomic E-state index is -0.0637. The summed E-state index contributed by atoms with van der Waals surface area (Å²) < 4.78 is 0. The fourth-order valence-electron chi connectivity index (χ4n) is 1.40. The molecule has 74 valence electrons. The second-order valence-corrected chi connectivity index (χ2v) is 3.29. The number of hydrazine groups is 1. The van der Waals surface area contributed by atoms with Crippen LogP contribution in [0.15, 0.2) is 35.3 Å². The zero-order valence-electron chi connectivity index (χ0n) is 8.29. The van der Waals surface area contributed by atoms with Gasteiger partial charge < -0.3 is 4.84 Å². The number of rotatable bonds is 2. The molecule has 0 saturated heterocycles. The van der Waals surface area contributed by atoms with E-state index in [9.17, 15) is 0 Å². The molecule has 4 nitrogen and oxygen atoms in total. The van der Waals surface area contributed by atoms with Crippen molar-refractivity contribution in [3.63, 3.8) is 0 Å². The lowest BCUT2D eigenvalue weighted by molar-refractivity contribution is -0.218. The van der Waals surface area contributed by atoms with Crippen LogP contribution in [0.3, 0.4) is 0 Å². The van der Waals surface area contributed by atoms with Crippen LogP contribution >= 0.6 is 0 Å². The van der Waals surface area contributed by atoms with E-state index in [1.54, 1.807) is 5.17 Å². The first-order valence-corrected chi connectivity index (χ1v) is 4.49. The van der Waals surface area contributed by atoms with Crippen LogP contribution in [0.4, 0.5) is 0 Å². The molecular weight excluding hydrogens is 178 g/mol. The van der Waals surface area contributed by atoms with E-state index in [4.69, 9.17) is 4.84 Å². The van der Waals surface area contributed by atoms with Gasteiger partial charge in [-0.2, -0.15) is 0 Å². The highest BCUT2D eigenvalue weighted by Crippen LogP contribution is 2.25. The summed E-state index contributed by atoms with van der Waals surface area (Å²) in [6, 6.07) is 10.1. The Morgan fingerprint density at radius 1 is 1.29 bits per heavy atom. The standard InChI is InChI=1S/C10H13N3O/c1-12(2)13-10(11-8-14-13)9-6-4-3-5-7-9/h3-8,10H,1-2H3. The van der Waals surface area contributed by atoms with Crippen molar-refractivity contribution in [1.82, 2.24) is 10.2 Å². The molecule has 1 unspecified atom stereocenters. The summed E-state index contributed by atoms with van der Waals surface area (Å²) in [5, 5.41) is 3.58. The normalized spacial score (nSPS) is 21.5. The number of aliphatic imine (C=N–C) groups is 1. The molecule has 0 amide bonds. The lowest BCUT2D eigenvalue weighted by Gasteiger charge is -2.26. The molecule has 14 heavy (non-hydrogen) atoms. The van der Waals surface area contributed by atoms with Crippen LogP contribution in [0.5, 0.6) is 0 Å². The number of nitrogens with zero attached hydrogens (tertiary/aromatic N) is 3. The molecule has 0 bridgehead atoms. The van der Waals surface area contributed by atoms with Gasteiger partial charge in [-0.15, -0.1) is 0 Å². The van der Waals surface area contributed by atoms with Crippen molar-refractivity contribution in [3.05, 3.63) is 35.9 Å². The van der Waals surface area contributed by atoms with Gasteiger partial charge in [0.15, 0.2) is 6.17 Å².